The first kappa shape index (κ1) is 15.5. The summed E-state index contributed by atoms with van der Waals surface area (Å²) < 4.78 is 1.71. The summed E-state index contributed by atoms with van der Waals surface area (Å²) in [5.74, 6) is 2.19. The summed E-state index contributed by atoms with van der Waals surface area (Å²) in [5, 5.41) is 7.61. The Labute approximate surface area is 135 Å². The first-order valence-electron chi connectivity index (χ1n) is 7.99. The third-order valence-corrected chi connectivity index (χ3v) is 3.99. The summed E-state index contributed by atoms with van der Waals surface area (Å²) in [6.07, 6.45) is 4.43. The number of nitrogens with one attached hydrogen (secondary N) is 1. The number of carbonyl (C=O) groups excluding carboxylic acids is 1. The molecule has 2 aromatic rings. The Kier molecular flexibility index (Phi) is 4.27. The second kappa shape index (κ2) is 6.36. The molecule has 2 aromatic heterocycles. The van der Waals surface area contributed by atoms with Gasteiger partial charge in [-0.25, -0.2) is 9.97 Å². The zero-order valence-corrected chi connectivity index (χ0v) is 13.8. The molecule has 0 radical (unpaired) electrons. The molecule has 0 saturated carbocycles. The second-order valence-corrected chi connectivity index (χ2v) is 5.82. The van der Waals surface area contributed by atoms with Crippen LogP contribution in [0.15, 0.2) is 18.3 Å². The molecule has 3 heterocycles. The molecular formula is C16H22N6O. The van der Waals surface area contributed by atoms with Gasteiger partial charge < -0.3 is 5.32 Å². The van der Waals surface area contributed by atoms with Gasteiger partial charge in [-0.05, 0) is 26.2 Å². The SMILES string of the molecule is CCc1cc(NC2CCCN(c3ccn(C)n3)C2=O)nc(C)n1. The molecule has 7 nitrogen and oxygen atoms in total. The summed E-state index contributed by atoms with van der Waals surface area (Å²) in [7, 11) is 1.85. The molecule has 1 N–H and O–H groups in total. The number of hydrogen-bond donors (Lipinski definition) is 1. The Hall–Kier alpha value is -2.44. The maximum Gasteiger partial charge on any atom is 0.250 e. The molecule has 1 unspecified atom stereocenters. The molecule has 1 aliphatic heterocycles. The van der Waals surface area contributed by atoms with Gasteiger partial charge >= 0.3 is 0 Å². The van der Waals surface area contributed by atoms with E-state index in [2.05, 4.69) is 27.3 Å². The van der Waals surface area contributed by atoms with Crippen molar-refractivity contribution in [3.63, 3.8) is 0 Å². The van der Waals surface area contributed by atoms with Crippen molar-refractivity contribution in [2.75, 3.05) is 16.8 Å². The van der Waals surface area contributed by atoms with E-state index in [0.717, 1.165) is 36.6 Å². The summed E-state index contributed by atoms with van der Waals surface area (Å²) in [6, 6.07) is 3.51. The van der Waals surface area contributed by atoms with Crippen LogP contribution in [0.5, 0.6) is 0 Å². The number of carbonyl (C=O) groups is 1. The number of nitrogens with zero attached hydrogens (tertiary/aromatic N) is 5. The van der Waals surface area contributed by atoms with Crippen molar-refractivity contribution in [2.45, 2.75) is 39.2 Å². The first-order chi connectivity index (χ1) is 11.1. The van der Waals surface area contributed by atoms with Crippen molar-refractivity contribution in [3.05, 3.63) is 29.8 Å². The maximum atomic E-state index is 12.7. The maximum absolute atomic E-state index is 12.7. The Bertz CT molecular complexity index is 710. The largest absolute Gasteiger partial charge is 0.358 e. The van der Waals surface area contributed by atoms with Gasteiger partial charge in [-0.3, -0.25) is 14.4 Å². The molecule has 0 spiro atoms. The van der Waals surface area contributed by atoms with E-state index in [0.29, 0.717) is 12.4 Å². The standard InChI is InChI=1S/C16H22N6O/c1-4-12-10-14(18-11(2)17-12)19-13-6-5-8-22(16(13)23)15-7-9-21(3)20-15/h7,9-10,13H,4-6,8H2,1-3H3,(H,17,18,19). The molecule has 1 aliphatic rings. The van der Waals surface area contributed by atoms with Crippen molar-refractivity contribution in [1.82, 2.24) is 19.7 Å². The fourth-order valence-corrected chi connectivity index (χ4v) is 2.85. The number of amides is 1. The van der Waals surface area contributed by atoms with E-state index in [1.807, 2.05) is 32.3 Å². The predicted molar refractivity (Wildman–Crippen MR) is 88.4 cm³/mol. The van der Waals surface area contributed by atoms with Crippen LogP contribution in [0.1, 0.15) is 31.3 Å². The van der Waals surface area contributed by atoms with Crippen molar-refractivity contribution in [1.29, 1.82) is 0 Å². The predicted octanol–water partition coefficient (Wildman–Crippen LogP) is 1.69. The second-order valence-electron chi connectivity index (χ2n) is 5.82. The minimum atomic E-state index is -0.273. The lowest BCUT2D eigenvalue weighted by atomic mass is 10.0. The van der Waals surface area contributed by atoms with Crippen LogP contribution < -0.4 is 10.2 Å². The zero-order chi connectivity index (χ0) is 16.4. The highest BCUT2D eigenvalue weighted by atomic mass is 16.2. The normalized spacial score (nSPS) is 18.3. The first-order valence-corrected chi connectivity index (χ1v) is 7.99. The van der Waals surface area contributed by atoms with Crippen molar-refractivity contribution in [3.8, 4) is 0 Å². The summed E-state index contributed by atoms with van der Waals surface area (Å²) >= 11 is 0. The van der Waals surface area contributed by atoms with Gasteiger partial charge in [0, 0.05) is 37.6 Å². The van der Waals surface area contributed by atoms with Gasteiger partial charge in [0.2, 0.25) is 0 Å². The molecule has 0 aliphatic carbocycles. The van der Waals surface area contributed by atoms with Crippen LogP contribution in [0.2, 0.25) is 0 Å². The molecule has 1 amide bonds. The van der Waals surface area contributed by atoms with Crippen molar-refractivity contribution >= 4 is 17.5 Å². The van der Waals surface area contributed by atoms with Crippen LogP contribution in [0.3, 0.4) is 0 Å². The lowest BCUT2D eigenvalue weighted by Crippen LogP contribution is -2.48. The minimum Gasteiger partial charge on any atom is -0.358 e. The Morgan fingerprint density at radius 1 is 1.39 bits per heavy atom. The fourth-order valence-electron chi connectivity index (χ4n) is 2.85. The van der Waals surface area contributed by atoms with Gasteiger partial charge in [0.15, 0.2) is 5.82 Å². The average molecular weight is 314 g/mol. The lowest BCUT2D eigenvalue weighted by molar-refractivity contribution is -0.120. The monoisotopic (exact) mass is 314 g/mol. The van der Waals surface area contributed by atoms with E-state index in [1.165, 1.54) is 0 Å². The van der Waals surface area contributed by atoms with E-state index in [9.17, 15) is 4.79 Å². The van der Waals surface area contributed by atoms with Crippen LogP contribution >= 0.6 is 0 Å². The summed E-state index contributed by atoms with van der Waals surface area (Å²) in [5.41, 5.74) is 0.977. The van der Waals surface area contributed by atoms with Crippen LogP contribution in [-0.2, 0) is 18.3 Å². The number of hydrogen-bond acceptors (Lipinski definition) is 5. The van der Waals surface area contributed by atoms with Crippen LogP contribution in [0, 0.1) is 6.92 Å². The number of aromatic nitrogens is 4. The van der Waals surface area contributed by atoms with Gasteiger partial charge in [0.1, 0.15) is 17.7 Å². The van der Waals surface area contributed by atoms with E-state index < -0.39 is 0 Å². The zero-order valence-electron chi connectivity index (χ0n) is 13.8. The molecule has 0 bridgehead atoms. The summed E-state index contributed by atoms with van der Waals surface area (Å²) in [4.78, 5) is 23.3. The Morgan fingerprint density at radius 3 is 2.91 bits per heavy atom. The fraction of sp³-hybridized carbons (Fsp3) is 0.500. The highest BCUT2D eigenvalue weighted by Gasteiger charge is 2.31. The van der Waals surface area contributed by atoms with Gasteiger partial charge in [-0.2, -0.15) is 5.10 Å². The Balaban J connectivity index is 1.77. The van der Waals surface area contributed by atoms with Gasteiger partial charge in [0.25, 0.3) is 5.91 Å². The average Bonchev–Trinajstić information content (AvgIpc) is 2.95. The van der Waals surface area contributed by atoms with E-state index in [4.69, 9.17) is 0 Å². The summed E-state index contributed by atoms with van der Waals surface area (Å²) in [6.45, 7) is 4.63. The third kappa shape index (κ3) is 3.33. The molecule has 3 rings (SSSR count). The van der Waals surface area contributed by atoms with E-state index in [-0.39, 0.29) is 11.9 Å². The molecule has 23 heavy (non-hydrogen) atoms. The highest BCUT2D eigenvalue weighted by Crippen LogP contribution is 2.21. The number of anilines is 2. The quantitative estimate of drug-likeness (QED) is 0.929. The third-order valence-electron chi connectivity index (χ3n) is 3.99. The number of aryl methyl sites for hydroxylation is 3. The van der Waals surface area contributed by atoms with Crippen LogP contribution in [-0.4, -0.2) is 38.2 Å². The molecule has 0 aromatic carbocycles. The van der Waals surface area contributed by atoms with Crippen molar-refractivity contribution in [2.24, 2.45) is 7.05 Å². The molecule has 122 valence electrons. The Morgan fingerprint density at radius 2 is 2.22 bits per heavy atom. The molecule has 7 heteroatoms. The van der Waals surface area contributed by atoms with Crippen molar-refractivity contribution < 1.29 is 4.79 Å². The van der Waals surface area contributed by atoms with Gasteiger partial charge in [-0.1, -0.05) is 6.92 Å². The van der Waals surface area contributed by atoms with E-state index in [1.54, 1.807) is 9.58 Å². The smallest absolute Gasteiger partial charge is 0.250 e. The molecule has 1 atom stereocenters. The van der Waals surface area contributed by atoms with Crippen LogP contribution in [0.4, 0.5) is 11.6 Å². The number of rotatable bonds is 4. The highest BCUT2D eigenvalue weighted by molar-refractivity contribution is 5.98. The van der Waals surface area contributed by atoms with E-state index >= 15 is 0 Å². The molecule has 1 fully saturated rings. The lowest BCUT2D eigenvalue weighted by Gasteiger charge is -2.31. The van der Waals surface area contributed by atoms with Gasteiger partial charge in [-0.15, -0.1) is 0 Å². The van der Waals surface area contributed by atoms with Crippen LogP contribution in [0.25, 0.3) is 0 Å². The topological polar surface area (TPSA) is 75.9 Å². The molecular weight excluding hydrogens is 292 g/mol. The molecule has 1 saturated heterocycles. The number of piperidine rings is 1. The van der Waals surface area contributed by atoms with Gasteiger partial charge in [0.05, 0.1) is 0 Å². The minimum absolute atomic E-state index is 0.0456.